The Kier molecular flexibility index (Phi) is 4.02. The highest BCUT2D eigenvalue weighted by molar-refractivity contribution is 7.10. The standard InChI is InChI=1S/C16H17ClN2OS/c1-3-19-12-7-5-4-6-11(12)18-14(19)8-13(20)16-15(17)10(2)9-21-16/h4-7,9,13,20H,3,8H2,1-2H3. The maximum atomic E-state index is 10.5. The van der Waals surface area contributed by atoms with E-state index in [1.54, 1.807) is 0 Å². The van der Waals surface area contributed by atoms with Gasteiger partial charge in [0, 0.05) is 13.0 Å². The summed E-state index contributed by atoms with van der Waals surface area (Å²) in [7, 11) is 0. The van der Waals surface area contributed by atoms with E-state index in [9.17, 15) is 5.11 Å². The third kappa shape index (κ3) is 2.59. The van der Waals surface area contributed by atoms with Crippen molar-refractivity contribution in [2.45, 2.75) is 32.9 Å². The molecule has 1 aromatic carbocycles. The zero-order chi connectivity index (χ0) is 15.0. The normalized spacial score (nSPS) is 13.0. The first-order chi connectivity index (χ1) is 10.1. The molecule has 110 valence electrons. The van der Waals surface area contributed by atoms with E-state index in [0.29, 0.717) is 11.4 Å². The number of halogens is 1. The molecule has 2 heterocycles. The van der Waals surface area contributed by atoms with Gasteiger partial charge in [0.25, 0.3) is 0 Å². The van der Waals surface area contributed by atoms with E-state index in [1.807, 2.05) is 30.5 Å². The minimum absolute atomic E-state index is 0.474. The first-order valence-corrected chi connectivity index (χ1v) is 8.23. The molecular weight excluding hydrogens is 304 g/mol. The Morgan fingerprint density at radius 3 is 2.81 bits per heavy atom. The molecule has 0 aliphatic carbocycles. The molecule has 1 N–H and O–H groups in total. The summed E-state index contributed by atoms with van der Waals surface area (Å²) < 4.78 is 2.15. The molecule has 0 aliphatic rings. The summed E-state index contributed by atoms with van der Waals surface area (Å²) in [6.45, 7) is 4.88. The Hall–Kier alpha value is -1.36. The van der Waals surface area contributed by atoms with E-state index < -0.39 is 6.10 Å². The van der Waals surface area contributed by atoms with Crippen molar-refractivity contribution in [3.8, 4) is 0 Å². The quantitative estimate of drug-likeness (QED) is 0.775. The van der Waals surface area contributed by atoms with E-state index in [2.05, 4.69) is 22.5 Å². The van der Waals surface area contributed by atoms with Crippen LogP contribution >= 0.6 is 22.9 Å². The van der Waals surface area contributed by atoms with Crippen LogP contribution in [0, 0.1) is 6.92 Å². The third-order valence-electron chi connectivity index (χ3n) is 3.65. The molecule has 21 heavy (non-hydrogen) atoms. The van der Waals surface area contributed by atoms with Gasteiger partial charge in [0.05, 0.1) is 27.0 Å². The summed E-state index contributed by atoms with van der Waals surface area (Å²) in [5.74, 6) is 0.897. The number of para-hydroxylation sites is 2. The predicted molar refractivity (Wildman–Crippen MR) is 88.1 cm³/mol. The van der Waals surface area contributed by atoms with E-state index >= 15 is 0 Å². The van der Waals surface area contributed by atoms with Crippen molar-refractivity contribution in [2.24, 2.45) is 0 Å². The van der Waals surface area contributed by atoms with E-state index in [4.69, 9.17) is 11.6 Å². The number of thiophene rings is 1. The number of fused-ring (bicyclic) bond motifs is 1. The number of rotatable bonds is 4. The van der Waals surface area contributed by atoms with Gasteiger partial charge in [0.1, 0.15) is 5.82 Å². The molecule has 0 amide bonds. The number of nitrogens with zero attached hydrogens (tertiary/aromatic N) is 2. The lowest BCUT2D eigenvalue weighted by molar-refractivity contribution is 0.178. The van der Waals surface area contributed by atoms with Crippen LogP contribution in [0.25, 0.3) is 11.0 Å². The lowest BCUT2D eigenvalue weighted by Crippen LogP contribution is -2.08. The smallest absolute Gasteiger partial charge is 0.112 e. The molecular formula is C16H17ClN2OS. The molecule has 3 rings (SSSR count). The highest BCUT2D eigenvalue weighted by atomic mass is 35.5. The van der Waals surface area contributed by atoms with Crippen molar-refractivity contribution in [2.75, 3.05) is 0 Å². The maximum Gasteiger partial charge on any atom is 0.112 e. The number of aryl methyl sites for hydroxylation is 2. The molecule has 5 heteroatoms. The second kappa shape index (κ2) is 5.79. The van der Waals surface area contributed by atoms with Gasteiger partial charge in [-0.1, -0.05) is 23.7 Å². The minimum atomic E-state index is -0.613. The fourth-order valence-corrected chi connectivity index (χ4v) is 3.88. The van der Waals surface area contributed by atoms with Crippen LogP contribution in [0.3, 0.4) is 0 Å². The van der Waals surface area contributed by atoms with Gasteiger partial charge in [-0.25, -0.2) is 4.98 Å². The van der Waals surface area contributed by atoms with Crippen molar-refractivity contribution in [3.63, 3.8) is 0 Å². The molecule has 0 bridgehead atoms. The summed E-state index contributed by atoms with van der Waals surface area (Å²) in [6.07, 6.45) is -0.138. The number of aliphatic hydroxyl groups excluding tert-OH is 1. The molecule has 1 atom stereocenters. The molecule has 0 spiro atoms. The molecule has 0 aliphatic heterocycles. The zero-order valence-electron chi connectivity index (χ0n) is 12.0. The van der Waals surface area contributed by atoms with Gasteiger partial charge in [-0.2, -0.15) is 0 Å². The van der Waals surface area contributed by atoms with Crippen molar-refractivity contribution in [3.05, 3.63) is 50.9 Å². The van der Waals surface area contributed by atoms with Gasteiger partial charge in [-0.15, -0.1) is 11.3 Å². The van der Waals surface area contributed by atoms with Gasteiger partial charge in [0.15, 0.2) is 0 Å². The number of benzene rings is 1. The molecule has 1 unspecified atom stereocenters. The Morgan fingerprint density at radius 2 is 2.14 bits per heavy atom. The number of hydrogen-bond acceptors (Lipinski definition) is 3. The van der Waals surface area contributed by atoms with Gasteiger partial charge < -0.3 is 9.67 Å². The van der Waals surface area contributed by atoms with Crippen molar-refractivity contribution in [1.29, 1.82) is 0 Å². The summed E-state index contributed by atoms with van der Waals surface area (Å²) in [5, 5.41) is 13.1. The molecule has 3 aromatic rings. The first-order valence-electron chi connectivity index (χ1n) is 6.97. The highest BCUT2D eigenvalue weighted by Gasteiger charge is 2.19. The van der Waals surface area contributed by atoms with Crippen LogP contribution in [0.4, 0.5) is 0 Å². The SMILES string of the molecule is CCn1c(CC(O)c2scc(C)c2Cl)nc2ccccc21. The lowest BCUT2D eigenvalue weighted by Gasteiger charge is -2.11. The predicted octanol–water partition coefficient (Wildman–Crippen LogP) is 4.36. The molecule has 3 nitrogen and oxygen atoms in total. The van der Waals surface area contributed by atoms with Crippen LogP contribution in [0.15, 0.2) is 29.6 Å². The van der Waals surface area contributed by atoms with Gasteiger partial charge in [-0.05, 0) is 36.9 Å². The Balaban J connectivity index is 1.96. The molecule has 0 fully saturated rings. The summed E-state index contributed by atoms with van der Waals surface area (Å²) in [4.78, 5) is 5.47. The summed E-state index contributed by atoms with van der Waals surface area (Å²) in [5.41, 5.74) is 3.09. The number of aromatic nitrogens is 2. The van der Waals surface area contributed by atoms with Crippen LogP contribution < -0.4 is 0 Å². The fraction of sp³-hybridized carbons (Fsp3) is 0.312. The Labute approximate surface area is 132 Å². The van der Waals surface area contributed by atoms with Crippen LogP contribution in [0.2, 0.25) is 5.02 Å². The number of aliphatic hydroxyl groups is 1. The van der Waals surface area contributed by atoms with E-state index in [-0.39, 0.29) is 0 Å². The van der Waals surface area contributed by atoms with Crippen molar-refractivity contribution < 1.29 is 5.11 Å². The number of hydrogen-bond donors (Lipinski definition) is 1. The average molecular weight is 321 g/mol. The van der Waals surface area contributed by atoms with E-state index in [1.165, 1.54) is 11.3 Å². The van der Waals surface area contributed by atoms with Crippen molar-refractivity contribution in [1.82, 2.24) is 9.55 Å². The van der Waals surface area contributed by atoms with Crippen LogP contribution in [0.5, 0.6) is 0 Å². The fourth-order valence-electron chi connectivity index (χ4n) is 2.57. The molecule has 0 saturated heterocycles. The highest BCUT2D eigenvalue weighted by Crippen LogP contribution is 2.34. The largest absolute Gasteiger partial charge is 0.387 e. The van der Waals surface area contributed by atoms with Crippen LogP contribution in [-0.2, 0) is 13.0 Å². The van der Waals surface area contributed by atoms with Crippen molar-refractivity contribution >= 4 is 34.0 Å². The van der Waals surface area contributed by atoms with E-state index in [0.717, 1.165) is 33.8 Å². The second-order valence-corrected chi connectivity index (χ2v) is 6.37. The summed E-state index contributed by atoms with van der Waals surface area (Å²) >= 11 is 7.75. The minimum Gasteiger partial charge on any atom is -0.387 e. The molecule has 0 saturated carbocycles. The molecule has 0 radical (unpaired) electrons. The average Bonchev–Trinajstić information content (AvgIpc) is 2.99. The number of imidazole rings is 1. The van der Waals surface area contributed by atoms with Gasteiger partial charge in [-0.3, -0.25) is 0 Å². The first kappa shape index (κ1) is 14.6. The van der Waals surface area contributed by atoms with Gasteiger partial charge in [0.2, 0.25) is 0 Å². The Morgan fingerprint density at radius 1 is 1.38 bits per heavy atom. The second-order valence-electron chi connectivity index (χ2n) is 5.08. The zero-order valence-corrected chi connectivity index (χ0v) is 13.6. The van der Waals surface area contributed by atoms with Crippen LogP contribution in [-0.4, -0.2) is 14.7 Å². The summed E-state index contributed by atoms with van der Waals surface area (Å²) in [6, 6.07) is 8.05. The third-order valence-corrected chi connectivity index (χ3v) is 5.47. The lowest BCUT2D eigenvalue weighted by atomic mass is 10.2. The van der Waals surface area contributed by atoms with Crippen LogP contribution in [0.1, 0.15) is 29.3 Å². The topological polar surface area (TPSA) is 38.0 Å². The maximum absolute atomic E-state index is 10.5. The molecule has 2 aromatic heterocycles. The van der Waals surface area contributed by atoms with Gasteiger partial charge >= 0.3 is 0 Å². The monoisotopic (exact) mass is 320 g/mol. The Bertz CT molecular complexity index is 778.